The predicted octanol–water partition coefficient (Wildman–Crippen LogP) is 1.55. The van der Waals surface area contributed by atoms with Crippen molar-refractivity contribution in [2.75, 3.05) is 19.6 Å². The maximum absolute atomic E-state index is 12.0. The highest BCUT2D eigenvalue weighted by molar-refractivity contribution is 5.74. The molecule has 0 saturated carbocycles. The Morgan fingerprint density at radius 1 is 1.50 bits per heavy atom. The average Bonchev–Trinajstić information content (AvgIpc) is 2.97. The van der Waals surface area contributed by atoms with E-state index in [2.05, 4.69) is 22.6 Å². The molecule has 0 unspecified atom stereocenters. The van der Waals surface area contributed by atoms with Crippen LogP contribution in [0.4, 0.5) is 4.79 Å². The van der Waals surface area contributed by atoms with E-state index in [1.54, 1.807) is 17.8 Å². The lowest BCUT2D eigenvalue weighted by Gasteiger charge is -2.31. The maximum atomic E-state index is 12.0. The van der Waals surface area contributed by atoms with Gasteiger partial charge in [-0.2, -0.15) is 0 Å². The molecule has 1 fully saturated rings. The van der Waals surface area contributed by atoms with Gasteiger partial charge < -0.3 is 15.3 Å². The number of urea groups is 1. The minimum absolute atomic E-state index is 0.0593. The van der Waals surface area contributed by atoms with E-state index in [1.807, 2.05) is 4.90 Å². The summed E-state index contributed by atoms with van der Waals surface area (Å²) in [6, 6.07) is 0.0593. The number of aromatic nitrogens is 3. The number of nitrogens with zero attached hydrogens (tertiary/aromatic N) is 4. The van der Waals surface area contributed by atoms with E-state index < -0.39 is 6.10 Å². The first-order valence-corrected chi connectivity index (χ1v) is 8.21. The third-order valence-electron chi connectivity index (χ3n) is 4.14. The second-order valence-corrected chi connectivity index (χ2v) is 6.06. The number of aliphatic hydroxyl groups excluding tert-OH is 1. The maximum Gasteiger partial charge on any atom is 0.317 e. The Bertz CT molecular complexity index is 466. The Balaban J connectivity index is 1.73. The first-order valence-electron chi connectivity index (χ1n) is 8.21. The van der Waals surface area contributed by atoms with E-state index in [1.165, 1.54) is 0 Å². The van der Waals surface area contributed by atoms with Crippen molar-refractivity contribution in [2.24, 2.45) is 5.92 Å². The SMILES string of the molecule is CCCCNC(=O)N1CCC(Cn2cc([C@H](C)O)nn2)CC1. The third kappa shape index (κ3) is 4.69. The van der Waals surface area contributed by atoms with Gasteiger partial charge in [0.1, 0.15) is 5.69 Å². The van der Waals surface area contributed by atoms with Gasteiger partial charge >= 0.3 is 6.03 Å². The van der Waals surface area contributed by atoms with Crippen LogP contribution in [0.5, 0.6) is 0 Å². The Morgan fingerprint density at radius 3 is 2.82 bits per heavy atom. The minimum atomic E-state index is -0.581. The van der Waals surface area contributed by atoms with Crippen LogP contribution in [0, 0.1) is 5.92 Å². The summed E-state index contributed by atoms with van der Waals surface area (Å²) < 4.78 is 1.80. The zero-order valence-electron chi connectivity index (χ0n) is 13.5. The highest BCUT2D eigenvalue weighted by atomic mass is 16.3. The first kappa shape index (κ1) is 16.7. The number of hydrogen-bond donors (Lipinski definition) is 2. The zero-order valence-corrected chi connectivity index (χ0v) is 13.5. The smallest absolute Gasteiger partial charge is 0.317 e. The van der Waals surface area contributed by atoms with Gasteiger partial charge in [0.05, 0.1) is 12.3 Å². The minimum Gasteiger partial charge on any atom is -0.387 e. The van der Waals surface area contributed by atoms with Crippen LogP contribution < -0.4 is 5.32 Å². The van der Waals surface area contributed by atoms with Crippen molar-refractivity contribution in [1.82, 2.24) is 25.2 Å². The van der Waals surface area contributed by atoms with Crippen molar-refractivity contribution in [3.63, 3.8) is 0 Å². The summed E-state index contributed by atoms with van der Waals surface area (Å²) in [7, 11) is 0. The molecule has 1 atom stereocenters. The van der Waals surface area contributed by atoms with Crippen molar-refractivity contribution in [3.05, 3.63) is 11.9 Å². The lowest BCUT2D eigenvalue weighted by atomic mass is 9.97. The van der Waals surface area contributed by atoms with Gasteiger partial charge in [0.15, 0.2) is 0 Å². The van der Waals surface area contributed by atoms with Gasteiger partial charge in [0.2, 0.25) is 0 Å². The summed E-state index contributed by atoms with van der Waals surface area (Å²) in [6.07, 6.45) is 5.29. The molecule has 2 heterocycles. The van der Waals surface area contributed by atoms with Crippen molar-refractivity contribution < 1.29 is 9.90 Å². The van der Waals surface area contributed by atoms with Crippen LogP contribution in [-0.4, -0.2) is 50.7 Å². The molecule has 0 bridgehead atoms. The fraction of sp³-hybridized carbons (Fsp3) is 0.800. The molecular weight excluding hydrogens is 282 g/mol. The van der Waals surface area contributed by atoms with Crippen LogP contribution in [0.25, 0.3) is 0 Å². The van der Waals surface area contributed by atoms with Crippen molar-refractivity contribution in [1.29, 1.82) is 0 Å². The molecule has 7 nitrogen and oxygen atoms in total. The molecule has 124 valence electrons. The summed E-state index contributed by atoms with van der Waals surface area (Å²) in [5, 5.41) is 20.4. The Hall–Kier alpha value is -1.63. The molecule has 0 radical (unpaired) electrons. The van der Waals surface area contributed by atoms with Gasteiger partial charge in [-0.15, -0.1) is 5.10 Å². The number of likely N-dealkylation sites (tertiary alicyclic amines) is 1. The lowest BCUT2D eigenvalue weighted by molar-refractivity contribution is 0.164. The monoisotopic (exact) mass is 309 g/mol. The topological polar surface area (TPSA) is 83.3 Å². The van der Waals surface area contributed by atoms with Crippen LogP contribution in [0.1, 0.15) is 51.3 Å². The largest absolute Gasteiger partial charge is 0.387 e. The quantitative estimate of drug-likeness (QED) is 0.781. The van der Waals surface area contributed by atoms with Crippen molar-refractivity contribution in [3.8, 4) is 0 Å². The van der Waals surface area contributed by atoms with Crippen LogP contribution >= 0.6 is 0 Å². The molecule has 2 N–H and O–H groups in total. The molecule has 0 aromatic carbocycles. The summed E-state index contributed by atoms with van der Waals surface area (Å²) >= 11 is 0. The van der Waals surface area contributed by atoms with E-state index in [-0.39, 0.29) is 6.03 Å². The average molecular weight is 309 g/mol. The molecule has 0 spiro atoms. The van der Waals surface area contributed by atoms with Gasteiger partial charge in [-0.1, -0.05) is 18.6 Å². The molecule has 22 heavy (non-hydrogen) atoms. The normalized spacial score (nSPS) is 17.5. The van der Waals surface area contributed by atoms with Gasteiger partial charge in [-0.25, -0.2) is 4.79 Å². The summed E-state index contributed by atoms with van der Waals surface area (Å²) in [6.45, 7) is 6.94. The second kappa shape index (κ2) is 8.12. The fourth-order valence-electron chi connectivity index (χ4n) is 2.66. The number of hydrogen-bond acceptors (Lipinski definition) is 4. The predicted molar refractivity (Wildman–Crippen MR) is 83.3 cm³/mol. The Morgan fingerprint density at radius 2 is 2.23 bits per heavy atom. The first-order chi connectivity index (χ1) is 10.6. The van der Waals surface area contributed by atoms with Crippen molar-refractivity contribution in [2.45, 2.75) is 52.2 Å². The zero-order chi connectivity index (χ0) is 15.9. The van der Waals surface area contributed by atoms with Gasteiger partial charge in [0, 0.05) is 26.2 Å². The molecule has 1 aromatic rings. The number of carbonyl (C=O) groups is 1. The fourth-order valence-corrected chi connectivity index (χ4v) is 2.66. The molecule has 1 aromatic heterocycles. The van der Waals surface area contributed by atoms with E-state index >= 15 is 0 Å². The van der Waals surface area contributed by atoms with E-state index in [0.717, 1.165) is 51.9 Å². The molecule has 2 amide bonds. The number of nitrogens with one attached hydrogen (secondary N) is 1. The van der Waals surface area contributed by atoms with Crippen LogP contribution in [0.3, 0.4) is 0 Å². The molecule has 1 saturated heterocycles. The van der Waals surface area contributed by atoms with Gasteiger partial charge in [-0.05, 0) is 32.1 Å². The molecule has 1 aliphatic heterocycles. The van der Waals surface area contributed by atoms with Gasteiger partial charge in [-0.3, -0.25) is 4.68 Å². The van der Waals surface area contributed by atoms with Crippen LogP contribution in [-0.2, 0) is 6.54 Å². The third-order valence-corrected chi connectivity index (χ3v) is 4.14. The van der Waals surface area contributed by atoms with Crippen molar-refractivity contribution >= 4 is 6.03 Å². The molecule has 7 heteroatoms. The number of unbranched alkanes of at least 4 members (excludes halogenated alkanes) is 1. The van der Waals surface area contributed by atoms with Crippen LogP contribution in [0.15, 0.2) is 6.20 Å². The van der Waals surface area contributed by atoms with Crippen LogP contribution in [0.2, 0.25) is 0 Å². The summed E-state index contributed by atoms with van der Waals surface area (Å²) in [5.41, 5.74) is 0.604. The molecule has 1 aliphatic rings. The Kier molecular flexibility index (Phi) is 6.18. The molecule has 2 rings (SSSR count). The molecule has 0 aliphatic carbocycles. The number of amides is 2. The van der Waals surface area contributed by atoms with E-state index in [0.29, 0.717) is 11.6 Å². The number of aliphatic hydroxyl groups is 1. The number of carbonyl (C=O) groups excluding carboxylic acids is 1. The molecular formula is C15H27N5O2. The van der Waals surface area contributed by atoms with Gasteiger partial charge in [0.25, 0.3) is 0 Å². The Labute approximate surface area is 131 Å². The number of piperidine rings is 1. The summed E-state index contributed by atoms with van der Waals surface area (Å²) in [4.78, 5) is 13.9. The highest BCUT2D eigenvalue weighted by Gasteiger charge is 2.23. The standard InChI is InChI=1S/C15H27N5O2/c1-3-4-7-16-15(22)19-8-5-13(6-9-19)10-20-11-14(12(2)21)17-18-20/h11-13,21H,3-10H2,1-2H3,(H,16,22)/t12-/m0/s1. The summed E-state index contributed by atoms with van der Waals surface area (Å²) in [5.74, 6) is 0.503. The van der Waals surface area contributed by atoms with E-state index in [9.17, 15) is 9.90 Å². The van der Waals surface area contributed by atoms with E-state index in [4.69, 9.17) is 0 Å². The second-order valence-electron chi connectivity index (χ2n) is 6.06. The number of rotatable bonds is 6. The highest BCUT2D eigenvalue weighted by Crippen LogP contribution is 2.19. The lowest BCUT2D eigenvalue weighted by Crippen LogP contribution is -2.45.